The van der Waals surface area contributed by atoms with E-state index >= 15 is 0 Å². The standard InChI is InChI=1S/C33H56N20S2/c1-4-7-11-24-46-30(52-32(48-24)54-5-2)39-19-10-14-25-47-31(53-33(49-25)55-6-3)38-18-9-13-23-44-28(51-29(45-23)41-21-16-35)37-17-8-12-22-42-26(36)50-27(43-22)40-20-15-34/h4-21,34-35H2,1-3H3,(H,38,47,49,53)(H,39,46,48,52)(H3,36,40,42,43,50)(H2,37,41,44,45,51). The van der Waals surface area contributed by atoms with Crippen molar-refractivity contribution < 1.29 is 0 Å². The molecule has 0 radical (unpaired) electrons. The Kier molecular flexibility index (Phi) is 19.5. The fraction of sp³-hybridized carbons (Fsp3) is 0.636. The number of thioether (sulfide) groups is 2. The van der Waals surface area contributed by atoms with Crippen molar-refractivity contribution in [1.29, 1.82) is 0 Å². The smallest absolute Gasteiger partial charge is 0.227 e. The minimum Gasteiger partial charge on any atom is -0.368 e. The van der Waals surface area contributed by atoms with E-state index in [9.17, 15) is 0 Å². The number of rotatable bonds is 28. The van der Waals surface area contributed by atoms with Crippen LogP contribution in [0, 0.1) is 0 Å². The molecule has 0 saturated carbocycles. The number of nitrogens with one attached hydrogen (secondary N) is 5. The molecule has 0 saturated heterocycles. The normalized spacial score (nSPS) is 11.1. The maximum Gasteiger partial charge on any atom is 0.227 e. The Morgan fingerprint density at radius 2 is 0.782 bits per heavy atom. The zero-order chi connectivity index (χ0) is 39.1. The molecule has 55 heavy (non-hydrogen) atoms. The Labute approximate surface area is 331 Å². The topological polar surface area (TPSA) is 293 Å². The molecule has 0 spiro atoms. The molecule has 300 valence electrons. The van der Waals surface area contributed by atoms with Crippen molar-refractivity contribution in [1.82, 2.24) is 59.8 Å². The number of hydrogen-bond donors (Lipinski definition) is 8. The molecule has 22 heteroatoms. The minimum atomic E-state index is 0.165. The molecule has 0 aliphatic rings. The van der Waals surface area contributed by atoms with Gasteiger partial charge in [-0.05, 0) is 37.2 Å². The van der Waals surface area contributed by atoms with Crippen LogP contribution in [0.4, 0.5) is 35.7 Å². The van der Waals surface area contributed by atoms with E-state index in [0.29, 0.717) is 112 Å². The molecule has 4 rings (SSSR count). The summed E-state index contributed by atoms with van der Waals surface area (Å²) in [5, 5.41) is 17.7. The second-order valence-corrected chi connectivity index (χ2v) is 14.5. The maximum absolute atomic E-state index is 5.86. The number of aryl methyl sites for hydroxylation is 4. The van der Waals surface area contributed by atoms with Gasteiger partial charge in [0.25, 0.3) is 0 Å². The summed E-state index contributed by atoms with van der Waals surface area (Å²) in [5.41, 5.74) is 17.1. The molecule has 20 nitrogen and oxygen atoms in total. The van der Waals surface area contributed by atoms with Gasteiger partial charge >= 0.3 is 0 Å². The Bertz CT molecular complexity index is 1720. The Morgan fingerprint density at radius 1 is 0.418 bits per heavy atom. The minimum absolute atomic E-state index is 0.165. The molecular weight excluding hydrogens is 741 g/mol. The highest BCUT2D eigenvalue weighted by Crippen LogP contribution is 2.17. The van der Waals surface area contributed by atoms with E-state index in [1.807, 2.05) is 0 Å². The summed E-state index contributed by atoms with van der Waals surface area (Å²) in [6.45, 7) is 10.2. The molecule has 4 aromatic heterocycles. The molecule has 0 aliphatic heterocycles. The van der Waals surface area contributed by atoms with Gasteiger partial charge in [0.1, 0.15) is 23.3 Å². The Balaban J connectivity index is 1.28. The molecule has 0 atom stereocenters. The first kappa shape index (κ1) is 43.2. The highest BCUT2D eigenvalue weighted by Gasteiger charge is 2.11. The number of anilines is 6. The summed E-state index contributed by atoms with van der Waals surface area (Å²) >= 11 is 3.22. The third-order valence-corrected chi connectivity index (χ3v) is 8.90. The molecule has 4 heterocycles. The zero-order valence-corrected chi connectivity index (χ0v) is 33.8. The quantitative estimate of drug-likeness (QED) is 0.0302. The van der Waals surface area contributed by atoms with E-state index in [-0.39, 0.29) is 5.95 Å². The van der Waals surface area contributed by atoms with Crippen LogP contribution in [0.15, 0.2) is 10.3 Å². The van der Waals surface area contributed by atoms with Gasteiger partial charge in [-0.3, -0.25) is 0 Å². The van der Waals surface area contributed by atoms with Crippen molar-refractivity contribution in [2.24, 2.45) is 11.5 Å². The second kappa shape index (κ2) is 24.8. The number of nitrogens with two attached hydrogens (primary N) is 3. The number of aromatic nitrogens is 12. The van der Waals surface area contributed by atoms with Crippen LogP contribution in [0.2, 0.25) is 0 Å². The van der Waals surface area contributed by atoms with E-state index in [1.165, 1.54) is 0 Å². The summed E-state index contributed by atoms with van der Waals surface area (Å²) in [6, 6.07) is 0. The first-order chi connectivity index (χ1) is 26.9. The van der Waals surface area contributed by atoms with Crippen LogP contribution in [0.3, 0.4) is 0 Å². The van der Waals surface area contributed by atoms with Crippen LogP contribution >= 0.6 is 23.5 Å². The van der Waals surface area contributed by atoms with Gasteiger partial charge in [0.2, 0.25) is 35.7 Å². The first-order valence-corrected chi connectivity index (χ1v) is 21.0. The van der Waals surface area contributed by atoms with E-state index in [2.05, 4.69) is 97.2 Å². The van der Waals surface area contributed by atoms with Gasteiger partial charge in [0.05, 0.1) is 0 Å². The lowest BCUT2D eigenvalue weighted by molar-refractivity contribution is 0.715. The number of nitrogens with zero attached hydrogens (tertiary/aromatic N) is 12. The third-order valence-electron chi connectivity index (χ3n) is 7.44. The number of nitrogen functional groups attached to an aromatic ring is 1. The van der Waals surface area contributed by atoms with Crippen LogP contribution in [-0.4, -0.2) is 117 Å². The summed E-state index contributed by atoms with van der Waals surface area (Å²) in [5.74, 6) is 7.30. The molecule has 0 aliphatic carbocycles. The second-order valence-electron chi connectivity index (χ2n) is 12.0. The molecule has 0 unspecified atom stereocenters. The predicted molar refractivity (Wildman–Crippen MR) is 221 cm³/mol. The summed E-state index contributed by atoms with van der Waals surface area (Å²) in [7, 11) is 0. The van der Waals surface area contributed by atoms with Crippen LogP contribution < -0.4 is 43.8 Å². The molecule has 11 N–H and O–H groups in total. The molecule has 4 aromatic rings. The van der Waals surface area contributed by atoms with E-state index in [0.717, 1.165) is 66.8 Å². The van der Waals surface area contributed by atoms with Crippen molar-refractivity contribution >= 4 is 59.2 Å². The van der Waals surface area contributed by atoms with E-state index in [4.69, 9.17) is 27.2 Å². The number of hydrogen-bond acceptors (Lipinski definition) is 22. The van der Waals surface area contributed by atoms with Crippen molar-refractivity contribution in [2.45, 2.75) is 88.9 Å². The van der Waals surface area contributed by atoms with Gasteiger partial charge < -0.3 is 43.8 Å². The van der Waals surface area contributed by atoms with Gasteiger partial charge in [0, 0.05) is 71.5 Å². The number of unbranched alkanes of at least 4 members (excludes halogenated alkanes) is 1. The van der Waals surface area contributed by atoms with Gasteiger partial charge in [-0.1, -0.05) is 50.7 Å². The van der Waals surface area contributed by atoms with Crippen molar-refractivity contribution in [2.75, 3.05) is 89.6 Å². The average molecular weight is 797 g/mol. The van der Waals surface area contributed by atoms with Gasteiger partial charge in [-0.15, -0.1) is 0 Å². The molecule has 0 amide bonds. The first-order valence-electron chi connectivity index (χ1n) is 19.0. The highest BCUT2D eigenvalue weighted by molar-refractivity contribution is 7.99. The predicted octanol–water partition coefficient (Wildman–Crippen LogP) is 2.45. The summed E-state index contributed by atoms with van der Waals surface area (Å²) < 4.78 is 0. The van der Waals surface area contributed by atoms with Gasteiger partial charge in [0.15, 0.2) is 10.3 Å². The van der Waals surface area contributed by atoms with Gasteiger partial charge in [-0.2, -0.15) is 49.8 Å². The fourth-order valence-electron chi connectivity index (χ4n) is 4.93. The molecule has 0 bridgehead atoms. The highest BCUT2D eigenvalue weighted by atomic mass is 32.2. The largest absolute Gasteiger partial charge is 0.368 e. The van der Waals surface area contributed by atoms with Crippen molar-refractivity contribution in [3.05, 3.63) is 23.3 Å². The zero-order valence-electron chi connectivity index (χ0n) is 32.1. The molecule has 0 fully saturated rings. The van der Waals surface area contributed by atoms with Crippen molar-refractivity contribution in [3.63, 3.8) is 0 Å². The molecular formula is C33H56N20S2. The van der Waals surface area contributed by atoms with E-state index < -0.39 is 0 Å². The summed E-state index contributed by atoms with van der Waals surface area (Å²) in [6.07, 6.45) is 7.15. The third kappa shape index (κ3) is 16.4. The van der Waals surface area contributed by atoms with Crippen LogP contribution in [-0.2, 0) is 25.7 Å². The lowest BCUT2D eigenvalue weighted by Crippen LogP contribution is -2.18. The van der Waals surface area contributed by atoms with Crippen molar-refractivity contribution in [3.8, 4) is 0 Å². The molecule has 0 aromatic carbocycles. The average Bonchev–Trinajstić information content (AvgIpc) is 3.17. The Morgan fingerprint density at radius 3 is 1.20 bits per heavy atom. The Hall–Kier alpha value is -4.54. The monoisotopic (exact) mass is 796 g/mol. The van der Waals surface area contributed by atoms with E-state index in [1.54, 1.807) is 23.5 Å². The maximum atomic E-state index is 5.86. The van der Waals surface area contributed by atoms with Crippen LogP contribution in [0.1, 0.15) is 76.2 Å². The lowest BCUT2D eigenvalue weighted by Gasteiger charge is -2.11. The SMILES string of the molecule is CCCCc1nc(NCCCc2nc(NCCCc3nc(NCCN)nc(NCCCc4nc(N)nc(NCCN)n4)n3)nc(SCC)n2)nc(SCC)n1. The fourth-order valence-corrected chi connectivity index (χ4v) is 6.09. The van der Waals surface area contributed by atoms with Crippen LogP contribution in [0.25, 0.3) is 0 Å². The lowest BCUT2D eigenvalue weighted by atomic mass is 10.2. The van der Waals surface area contributed by atoms with Crippen LogP contribution in [0.5, 0.6) is 0 Å². The summed E-state index contributed by atoms with van der Waals surface area (Å²) in [4.78, 5) is 54.4. The van der Waals surface area contributed by atoms with Gasteiger partial charge in [-0.25, -0.2) is 9.97 Å².